The van der Waals surface area contributed by atoms with Crippen molar-refractivity contribution in [2.45, 2.75) is 6.61 Å². The van der Waals surface area contributed by atoms with E-state index in [2.05, 4.69) is 5.32 Å². The number of imide groups is 1. The van der Waals surface area contributed by atoms with E-state index in [1.807, 2.05) is 0 Å². The molecule has 0 bridgehead atoms. The fraction of sp³-hybridized carbons (Fsp3) is 0.0833. The van der Waals surface area contributed by atoms with Crippen LogP contribution >= 0.6 is 46.4 Å². The summed E-state index contributed by atoms with van der Waals surface area (Å²) >= 11 is 24.4. The molecular formula is C24H16Cl4N2O4. The van der Waals surface area contributed by atoms with E-state index < -0.39 is 11.9 Å². The van der Waals surface area contributed by atoms with E-state index in [1.165, 1.54) is 19.3 Å². The third-order valence-corrected chi connectivity index (χ3v) is 6.13. The zero-order chi connectivity index (χ0) is 24.4. The van der Waals surface area contributed by atoms with Gasteiger partial charge < -0.3 is 14.8 Å². The highest BCUT2D eigenvalue weighted by Gasteiger charge is 2.35. The second-order valence-electron chi connectivity index (χ2n) is 7.18. The van der Waals surface area contributed by atoms with Gasteiger partial charge in [0, 0.05) is 5.02 Å². The molecule has 10 heteroatoms. The summed E-state index contributed by atoms with van der Waals surface area (Å²) in [4.78, 5) is 26.3. The average Bonchev–Trinajstić information content (AvgIpc) is 3.07. The Bertz CT molecular complexity index is 1330. The number of carbonyl (C=O) groups is 2. The van der Waals surface area contributed by atoms with Gasteiger partial charge >= 0.3 is 6.03 Å². The minimum atomic E-state index is -0.585. The SMILES string of the molecule is COc1cc(/C=C2/NC(=O)N(c3cccc(Cl)c3)C2=O)cc(Cl)c1OCc1ccc(Cl)c(Cl)c1. The van der Waals surface area contributed by atoms with Crippen molar-refractivity contribution < 1.29 is 19.1 Å². The van der Waals surface area contributed by atoms with Gasteiger partial charge in [-0.2, -0.15) is 0 Å². The molecule has 1 aliphatic heterocycles. The van der Waals surface area contributed by atoms with Crippen molar-refractivity contribution in [1.29, 1.82) is 0 Å². The van der Waals surface area contributed by atoms with Crippen LogP contribution in [0.1, 0.15) is 11.1 Å². The maximum absolute atomic E-state index is 12.9. The van der Waals surface area contributed by atoms with Gasteiger partial charge in [0.2, 0.25) is 0 Å². The summed E-state index contributed by atoms with van der Waals surface area (Å²) in [6.07, 6.45) is 1.50. The van der Waals surface area contributed by atoms with Gasteiger partial charge in [-0.3, -0.25) is 4.79 Å². The molecule has 0 aliphatic carbocycles. The van der Waals surface area contributed by atoms with Crippen LogP contribution in [0.3, 0.4) is 0 Å². The van der Waals surface area contributed by atoms with E-state index >= 15 is 0 Å². The Hall–Kier alpha value is -2.90. The molecule has 1 saturated heterocycles. The second-order valence-corrected chi connectivity index (χ2v) is 8.84. The van der Waals surface area contributed by atoms with E-state index in [-0.39, 0.29) is 17.3 Å². The summed E-state index contributed by atoms with van der Waals surface area (Å²) in [7, 11) is 1.47. The number of nitrogens with one attached hydrogen (secondary N) is 1. The van der Waals surface area contributed by atoms with Crippen LogP contribution < -0.4 is 19.7 Å². The lowest BCUT2D eigenvalue weighted by atomic mass is 10.1. The molecular weight excluding hydrogens is 522 g/mol. The van der Waals surface area contributed by atoms with Crippen molar-refractivity contribution in [2.24, 2.45) is 0 Å². The molecule has 0 aromatic heterocycles. The molecule has 3 aromatic carbocycles. The molecule has 1 fully saturated rings. The molecule has 0 saturated carbocycles. The number of halogens is 4. The number of ether oxygens (including phenoxy) is 2. The number of nitrogens with zero attached hydrogens (tertiary/aromatic N) is 1. The molecule has 3 aromatic rings. The Morgan fingerprint density at radius 1 is 0.941 bits per heavy atom. The highest BCUT2D eigenvalue weighted by molar-refractivity contribution is 6.42. The zero-order valence-corrected chi connectivity index (χ0v) is 20.6. The Labute approximate surface area is 215 Å². The minimum absolute atomic E-state index is 0.0765. The summed E-state index contributed by atoms with van der Waals surface area (Å²) in [5.41, 5.74) is 1.76. The Kier molecular flexibility index (Phi) is 7.24. The van der Waals surface area contributed by atoms with Crippen LogP contribution in [-0.4, -0.2) is 19.0 Å². The molecule has 1 aliphatic rings. The fourth-order valence-corrected chi connectivity index (χ4v) is 4.08. The number of benzene rings is 3. The van der Waals surface area contributed by atoms with E-state index in [0.29, 0.717) is 37.8 Å². The predicted octanol–water partition coefficient (Wildman–Crippen LogP) is 6.99. The first-order chi connectivity index (χ1) is 16.3. The van der Waals surface area contributed by atoms with Gasteiger partial charge in [-0.25, -0.2) is 9.69 Å². The van der Waals surface area contributed by atoms with Crippen LogP contribution in [0.2, 0.25) is 20.1 Å². The molecule has 4 rings (SSSR count). The lowest BCUT2D eigenvalue weighted by molar-refractivity contribution is -0.113. The van der Waals surface area contributed by atoms with Crippen LogP contribution in [0, 0.1) is 0 Å². The van der Waals surface area contributed by atoms with Gasteiger partial charge in [0.15, 0.2) is 11.5 Å². The molecule has 1 heterocycles. The van der Waals surface area contributed by atoms with Crippen LogP contribution in [0.25, 0.3) is 6.08 Å². The molecule has 0 unspecified atom stereocenters. The number of amides is 3. The highest BCUT2D eigenvalue weighted by atomic mass is 35.5. The van der Waals surface area contributed by atoms with Crippen molar-refractivity contribution in [3.63, 3.8) is 0 Å². The standard InChI is InChI=1S/C24H16Cl4N2O4/c1-33-21-10-14(8-19(28)22(21)34-12-13-5-6-17(26)18(27)7-13)9-20-23(31)30(24(32)29-20)16-4-2-3-15(25)11-16/h2-11H,12H2,1H3,(H,29,32)/b20-9+. The quantitative estimate of drug-likeness (QED) is 0.272. The smallest absolute Gasteiger partial charge is 0.333 e. The zero-order valence-electron chi connectivity index (χ0n) is 17.6. The number of hydrogen-bond acceptors (Lipinski definition) is 4. The van der Waals surface area contributed by atoms with Gasteiger partial charge in [0.25, 0.3) is 5.91 Å². The lowest BCUT2D eigenvalue weighted by Crippen LogP contribution is -2.30. The molecule has 34 heavy (non-hydrogen) atoms. The summed E-state index contributed by atoms with van der Waals surface area (Å²) in [6.45, 7) is 0.177. The van der Waals surface area contributed by atoms with Gasteiger partial charge in [-0.05, 0) is 59.7 Å². The maximum Gasteiger partial charge on any atom is 0.333 e. The number of carbonyl (C=O) groups excluding carboxylic acids is 2. The number of anilines is 1. The van der Waals surface area contributed by atoms with E-state index in [0.717, 1.165) is 10.5 Å². The van der Waals surface area contributed by atoms with Crippen molar-refractivity contribution in [2.75, 3.05) is 12.0 Å². The number of hydrogen-bond donors (Lipinski definition) is 1. The molecule has 0 atom stereocenters. The largest absolute Gasteiger partial charge is 0.493 e. The van der Waals surface area contributed by atoms with Crippen LogP contribution in [0.5, 0.6) is 11.5 Å². The van der Waals surface area contributed by atoms with Gasteiger partial charge in [-0.1, -0.05) is 58.5 Å². The van der Waals surface area contributed by atoms with Gasteiger partial charge in [0.1, 0.15) is 12.3 Å². The topological polar surface area (TPSA) is 67.9 Å². The van der Waals surface area contributed by atoms with Crippen LogP contribution in [-0.2, 0) is 11.4 Å². The molecule has 0 radical (unpaired) electrons. The first-order valence-corrected chi connectivity index (χ1v) is 11.3. The molecule has 174 valence electrons. The maximum atomic E-state index is 12.9. The molecule has 1 N–H and O–H groups in total. The summed E-state index contributed by atoms with van der Waals surface area (Å²) < 4.78 is 11.3. The van der Waals surface area contributed by atoms with Crippen LogP contribution in [0.4, 0.5) is 10.5 Å². The molecule has 3 amide bonds. The molecule has 6 nitrogen and oxygen atoms in total. The Balaban J connectivity index is 1.58. The Morgan fingerprint density at radius 2 is 1.74 bits per heavy atom. The second kappa shape index (κ2) is 10.2. The van der Waals surface area contributed by atoms with Gasteiger partial charge in [0.05, 0.1) is 27.9 Å². The lowest BCUT2D eigenvalue weighted by Gasteiger charge is -2.14. The van der Waals surface area contributed by atoms with Crippen molar-refractivity contribution in [3.05, 3.63) is 91.5 Å². The summed E-state index contributed by atoms with van der Waals surface area (Å²) in [5, 5.41) is 4.09. The summed E-state index contributed by atoms with van der Waals surface area (Å²) in [6, 6.07) is 14.3. The normalized spacial score (nSPS) is 14.5. The third kappa shape index (κ3) is 5.10. The third-order valence-electron chi connectivity index (χ3n) is 4.87. The van der Waals surface area contributed by atoms with E-state index in [9.17, 15) is 9.59 Å². The van der Waals surface area contributed by atoms with E-state index in [1.54, 1.807) is 48.5 Å². The van der Waals surface area contributed by atoms with E-state index in [4.69, 9.17) is 55.9 Å². The predicted molar refractivity (Wildman–Crippen MR) is 134 cm³/mol. The van der Waals surface area contributed by atoms with Crippen molar-refractivity contribution >= 4 is 70.1 Å². The number of methoxy groups -OCH3 is 1. The minimum Gasteiger partial charge on any atom is -0.493 e. The van der Waals surface area contributed by atoms with Crippen molar-refractivity contribution in [3.8, 4) is 11.5 Å². The number of rotatable bonds is 6. The monoisotopic (exact) mass is 536 g/mol. The number of urea groups is 1. The highest BCUT2D eigenvalue weighted by Crippen LogP contribution is 2.38. The average molecular weight is 538 g/mol. The fourth-order valence-electron chi connectivity index (χ4n) is 3.30. The van der Waals surface area contributed by atoms with Crippen LogP contribution in [0.15, 0.2) is 60.3 Å². The molecule has 0 spiro atoms. The van der Waals surface area contributed by atoms with Crippen molar-refractivity contribution in [1.82, 2.24) is 5.32 Å². The first kappa shape index (κ1) is 24.2. The Morgan fingerprint density at radius 3 is 2.44 bits per heavy atom. The first-order valence-electron chi connectivity index (χ1n) is 9.84. The van der Waals surface area contributed by atoms with Gasteiger partial charge in [-0.15, -0.1) is 0 Å². The summed E-state index contributed by atoms with van der Waals surface area (Å²) in [5.74, 6) is 0.143.